The summed E-state index contributed by atoms with van der Waals surface area (Å²) in [5.41, 5.74) is 0.282. The molecule has 0 saturated heterocycles. The smallest absolute Gasteiger partial charge is 0.324 e. The zero-order chi connectivity index (χ0) is 27.3. The molecule has 0 aliphatic rings. The number of pyridine rings is 1. The van der Waals surface area contributed by atoms with Gasteiger partial charge in [0.05, 0.1) is 28.8 Å². The topological polar surface area (TPSA) is 42.0 Å². The summed E-state index contributed by atoms with van der Waals surface area (Å²) >= 11 is 0. The van der Waals surface area contributed by atoms with E-state index in [0.29, 0.717) is 16.8 Å². The molecule has 1 amide bonds. The molecule has 38 heavy (non-hydrogen) atoms. The van der Waals surface area contributed by atoms with Crippen LogP contribution in [0.5, 0.6) is 0 Å². The van der Waals surface area contributed by atoms with Crippen molar-refractivity contribution >= 4 is 28.6 Å². The number of fused-ring (bicyclic) bond motifs is 1. The predicted octanol–water partition coefficient (Wildman–Crippen LogP) is 7.74. The first-order valence-corrected chi connectivity index (χ1v) is 11.2. The highest BCUT2D eigenvalue weighted by molar-refractivity contribution is 6.01. The molecular formula is C29H18F6N2O. The van der Waals surface area contributed by atoms with E-state index in [1.54, 1.807) is 24.4 Å². The van der Waals surface area contributed by atoms with Crippen LogP contribution >= 0.6 is 0 Å². The van der Waals surface area contributed by atoms with Gasteiger partial charge >= 0.3 is 12.4 Å². The van der Waals surface area contributed by atoms with Gasteiger partial charge in [-0.15, -0.1) is 0 Å². The second-order valence-corrected chi connectivity index (χ2v) is 8.22. The molecule has 3 aromatic carbocycles. The van der Waals surface area contributed by atoms with Crippen molar-refractivity contribution in [2.45, 2.75) is 18.8 Å². The van der Waals surface area contributed by atoms with Gasteiger partial charge in [-0.3, -0.25) is 9.78 Å². The third-order valence-electron chi connectivity index (χ3n) is 5.42. The molecule has 192 valence electrons. The number of aromatic nitrogens is 1. The molecule has 0 unspecified atom stereocenters. The van der Waals surface area contributed by atoms with Gasteiger partial charge in [0.15, 0.2) is 0 Å². The lowest BCUT2D eigenvalue weighted by atomic mass is 10.0. The Hall–Kier alpha value is -4.58. The number of nitrogens with zero attached hydrogens (tertiary/aromatic N) is 1. The van der Waals surface area contributed by atoms with Crippen molar-refractivity contribution in [1.29, 1.82) is 0 Å². The van der Waals surface area contributed by atoms with E-state index in [1.165, 1.54) is 30.3 Å². The van der Waals surface area contributed by atoms with Gasteiger partial charge in [-0.25, -0.2) is 0 Å². The Kier molecular flexibility index (Phi) is 7.53. The van der Waals surface area contributed by atoms with E-state index in [2.05, 4.69) is 22.1 Å². The Morgan fingerprint density at radius 3 is 2.05 bits per heavy atom. The van der Waals surface area contributed by atoms with Crippen molar-refractivity contribution < 1.29 is 31.1 Å². The number of amides is 1. The lowest BCUT2D eigenvalue weighted by Gasteiger charge is -2.09. The first-order valence-electron chi connectivity index (χ1n) is 11.2. The van der Waals surface area contributed by atoms with Gasteiger partial charge in [0.25, 0.3) is 0 Å². The summed E-state index contributed by atoms with van der Waals surface area (Å²) in [5, 5.41) is 3.58. The third kappa shape index (κ3) is 6.79. The molecule has 0 aliphatic heterocycles. The van der Waals surface area contributed by atoms with Gasteiger partial charge in [-0.1, -0.05) is 42.2 Å². The quantitative estimate of drug-likeness (QED) is 0.219. The number of para-hydroxylation sites is 1. The number of benzene rings is 3. The maximum atomic E-state index is 12.9. The van der Waals surface area contributed by atoms with E-state index >= 15 is 0 Å². The number of hydrogen-bond donors (Lipinski definition) is 1. The zero-order valence-electron chi connectivity index (χ0n) is 19.5. The van der Waals surface area contributed by atoms with Crippen molar-refractivity contribution in [1.82, 2.24) is 4.98 Å². The maximum absolute atomic E-state index is 12.9. The summed E-state index contributed by atoms with van der Waals surface area (Å²) in [6.45, 7) is 0. The highest BCUT2D eigenvalue weighted by Gasteiger charge is 2.30. The number of carbonyl (C=O) groups is 1. The van der Waals surface area contributed by atoms with Crippen LogP contribution in [0.3, 0.4) is 0 Å². The van der Waals surface area contributed by atoms with E-state index in [4.69, 9.17) is 0 Å². The van der Waals surface area contributed by atoms with E-state index in [0.717, 1.165) is 29.7 Å². The fraction of sp³-hybridized carbons (Fsp3) is 0.103. The van der Waals surface area contributed by atoms with Crippen molar-refractivity contribution in [3.63, 3.8) is 0 Å². The number of halogens is 6. The molecule has 0 fully saturated rings. The van der Waals surface area contributed by atoms with Gasteiger partial charge in [-0.05, 0) is 60.2 Å². The van der Waals surface area contributed by atoms with Crippen LogP contribution in [0.1, 0.15) is 28.7 Å². The largest absolute Gasteiger partial charge is 0.416 e. The second kappa shape index (κ2) is 10.8. The van der Waals surface area contributed by atoms with Gasteiger partial charge in [0, 0.05) is 22.7 Å². The highest BCUT2D eigenvalue weighted by atomic mass is 19.4. The molecule has 0 saturated carbocycles. The first kappa shape index (κ1) is 26.5. The van der Waals surface area contributed by atoms with Crippen LogP contribution in [0.25, 0.3) is 17.0 Å². The van der Waals surface area contributed by atoms with E-state index in [9.17, 15) is 31.1 Å². The van der Waals surface area contributed by atoms with Gasteiger partial charge in [0.2, 0.25) is 5.91 Å². The fourth-order valence-corrected chi connectivity index (χ4v) is 3.57. The molecular weight excluding hydrogens is 506 g/mol. The highest BCUT2D eigenvalue weighted by Crippen LogP contribution is 2.30. The van der Waals surface area contributed by atoms with Crippen LogP contribution in [0.4, 0.5) is 32.0 Å². The van der Waals surface area contributed by atoms with Crippen LogP contribution in [0.2, 0.25) is 0 Å². The summed E-state index contributed by atoms with van der Waals surface area (Å²) in [6.07, 6.45) is -6.19. The molecule has 0 bridgehead atoms. The molecule has 0 atom stereocenters. The van der Waals surface area contributed by atoms with Crippen LogP contribution in [-0.2, 0) is 17.1 Å². The molecule has 1 heterocycles. The second-order valence-electron chi connectivity index (χ2n) is 8.22. The summed E-state index contributed by atoms with van der Waals surface area (Å²) < 4.78 is 77.3. The van der Waals surface area contributed by atoms with E-state index in [-0.39, 0.29) is 17.6 Å². The van der Waals surface area contributed by atoms with E-state index < -0.39 is 29.4 Å². The Morgan fingerprint density at radius 1 is 0.816 bits per heavy atom. The van der Waals surface area contributed by atoms with E-state index in [1.807, 2.05) is 12.1 Å². The fourth-order valence-electron chi connectivity index (χ4n) is 3.57. The van der Waals surface area contributed by atoms with Crippen LogP contribution in [0.15, 0.2) is 90.6 Å². The summed E-state index contributed by atoms with van der Waals surface area (Å²) in [4.78, 5) is 17.2. The summed E-state index contributed by atoms with van der Waals surface area (Å²) in [7, 11) is 0. The van der Waals surface area contributed by atoms with Crippen LogP contribution < -0.4 is 5.32 Å². The average Bonchev–Trinajstić information content (AvgIpc) is 2.87. The van der Waals surface area contributed by atoms with Crippen molar-refractivity contribution in [2.24, 2.45) is 0 Å². The number of alkyl halides is 6. The Labute approximate surface area is 213 Å². The molecule has 3 nitrogen and oxygen atoms in total. The third-order valence-corrected chi connectivity index (χ3v) is 5.42. The molecule has 4 rings (SSSR count). The minimum atomic E-state index is -4.50. The number of nitrogens with one attached hydrogen (secondary N) is 1. The summed E-state index contributed by atoms with van der Waals surface area (Å²) in [5.74, 6) is 5.04. The molecule has 9 heteroatoms. The van der Waals surface area contributed by atoms with Gasteiger partial charge < -0.3 is 5.32 Å². The Balaban J connectivity index is 1.62. The minimum absolute atomic E-state index is 0.238. The Morgan fingerprint density at radius 2 is 1.42 bits per heavy atom. The number of hydrogen-bond acceptors (Lipinski definition) is 2. The van der Waals surface area contributed by atoms with Crippen LogP contribution in [-0.4, -0.2) is 10.9 Å². The Bertz CT molecular complexity index is 1540. The molecule has 0 aliphatic carbocycles. The molecule has 1 N–H and O–H groups in total. The van der Waals surface area contributed by atoms with Crippen molar-refractivity contribution in [3.8, 4) is 11.8 Å². The number of anilines is 1. The van der Waals surface area contributed by atoms with Crippen molar-refractivity contribution in [2.75, 3.05) is 5.32 Å². The lowest BCUT2D eigenvalue weighted by molar-refractivity contribution is -0.138. The SMILES string of the molecule is O=C(C/C(C#Cc1ccc(C(F)(F)F)cc1)=C\c1ccc(C(F)(F)F)cc1)Nc1cccc2cccnc12. The average molecular weight is 524 g/mol. The first-order chi connectivity index (χ1) is 18.0. The standard InChI is InChI=1S/C29H18F6N2O/c30-28(31,32)23-12-8-19(9-13-23)6-7-21(17-20-10-14-24(15-11-20)29(33,34)35)18-26(38)37-25-5-1-3-22-4-2-16-36-27(22)25/h1-5,8-17H,18H2,(H,37,38)/b21-17-. The molecule has 1 aromatic heterocycles. The maximum Gasteiger partial charge on any atom is 0.416 e. The molecule has 0 spiro atoms. The summed E-state index contributed by atoms with van der Waals surface area (Å²) in [6, 6.07) is 17.4. The van der Waals surface area contributed by atoms with Gasteiger partial charge in [-0.2, -0.15) is 26.3 Å². The number of carbonyl (C=O) groups excluding carboxylic acids is 1. The monoisotopic (exact) mass is 524 g/mol. The normalized spacial score (nSPS) is 12.1. The molecule has 0 radical (unpaired) electrons. The minimum Gasteiger partial charge on any atom is -0.324 e. The predicted molar refractivity (Wildman–Crippen MR) is 133 cm³/mol. The molecule has 4 aromatic rings. The zero-order valence-corrected chi connectivity index (χ0v) is 19.5. The number of rotatable bonds is 4. The van der Waals surface area contributed by atoms with Crippen LogP contribution in [0, 0.1) is 11.8 Å². The van der Waals surface area contributed by atoms with Gasteiger partial charge in [0.1, 0.15) is 0 Å². The lowest BCUT2D eigenvalue weighted by Crippen LogP contribution is -2.12. The van der Waals surface area contributed by atoms with Crippen molar-refractivity contribution in [3.05, 3.63) is 113 Å².